The van der Waals surface area contributed by atoms with E-state index in [-0.39, 0.29) is 24.6 Å². The van der Waals surface area contributed by atoms with Crippen LogP contribution in [0.1, 0.15) is 11.1 Å². The summed E-state index contributed by atoms with van der Waals surface area (Å²) < 4.78 is 5.61. The molecule has 2 atom stereocenters. The van der Waals surface area contributed by atoms with E-state index < -0.39 is 6.04 Å². The highest BCUT2D eigenvalue weighted by atomic mass is 16.5. The molecule has 1 N–H and O–H groups in total. The lowest BCUT2D eigenvalue weighted by Gasteiger charge is -2.28. The fraction of sp³-hybridized carbons (Fsp3) is 0.364. The molecule has 0 saturated carbocycles. The van der Waals surface area contributed by atoms with Crippen molar-refractivity contribution in [1.29, 1.82) is 0 Å². The molecule has 0 radical (unpaired) electrons. The average Bonchev–Trinajstić information content (AvgIpc) is 3.08. The number of amides is 2. The second-order valence-corrected chi connectivity index (χ2v) is 7.29. The van der Waals surface area contributed by atoms with Crippen LogP contribution in [0.4, 0.5) is 4.79 Å². The molecule has 6 heteroatoms. The molecule has 1 unspecified atom stereocenters. The predicted molar refractivity (Wildman–Crippen MR) is 106 cm³/mol. The highest BCUT2D eigenvalue weighted by Gasteiger charge is 2.44. The Morgan fingerprint density at radius 3 is 2.43 bits per heavy atom. The molecule has 2 aromatic rings. The molecule has 2 amide bonds. The van der Waals surface area contributed by atoms with Gasteiger partial charge in [-0.3, -0.25) is 0 Å². The number of fused-ring (bicyclic) bond motifs is 1. The van der Waals surface area contributed by atoms with E-state index in [9.17, 15) is 9.59 Å². The number of nitrogens with zero attached hydrogens (tertiary/aromatic N) is 2. The van der Waals surface area contributed by atoms with Gasteiger partial charge in [-0.05, 0) is 11.1 Å². The number of ether oxygens (including phenoxy) is 1. The lowest BCUT2D eigenvalue weighted by molar-refractivity contribution is -0.150. The summed E-state index contributed by atoms with van der Waals surface area (Å²) in [5.74, 6) is -0.353. The summed E-state index contributed by atoms with van der Waals surface area (Å²) in [6, 6.07) is 18.8. The monoisotopic (exact) mass is 379 g/mol. The summed E-state index contributed by atoms with van der Waals surface area (Å²) >= 11 is 0. The van der Waals surface area contributed by atoms with Gasteiger partial charge in [0, 0.05) is 32.6 Å². The highest BCUT2D eigenvalue weighted by molar-refractivity contribution is 5.85. The van der Waals surface area contributed by atoms with Crippen LogP contribution >= 0.6 is 0 Å². The van der Waals surface area contributed by atoms with Crippen molar-refractivity contribution in [2.24, 2.45) is 0 Å². The maximum absolute atomic E-state index is 13.0. The van der Waals surface area contributed by atoms with E-state index in [2.05, 4.69) is 5.32 Å². The molecule has 146 valence electrons. The first-order valence-corrected chi connectivity index (χ1v) is 9.75. The van der Waals surface area contributed by atoms with Crippen LogP contribution in [0, 0.1) is 0 Å². The van der Waals surface area contributed by atoms with Crippen molar-refractivity contribution in [3.05, 3.63) is 71.8 Å². The lowest BCUT2D eigenvalue weighted by atomic mass is 10.0. The molecule has 4 rings (SSSR count). The smallest absolute Gasteiger partial charge is 0.329 e. The molecule has 0 bridgehead atoms. The van der Waals surface area contributed by atoms with Gasteiger partial charge in [0.15, 0.2) is 0 Å². The molecule has 2 fully saturated rings. The molecular formula is C22H25N3O3. The van der Waals surface area contributed by atoms with E-state index in [1.54, 1.807) is 4.90 Å². The van der Waals surface area contributed by atoms with Gasteiger partial charge in [-0.2, -0.15) is 0 Å². The summed E-state index contributed by atoms with van der Waals surface area (Å²) in [6.07, 6.45) is 0.453. The van der Waals surface area contributed by atoms with E-state index in [1.165, 1.54) is 0 Å². The Hall–Kier alpha value is -2.86. The third-order valence-electron chi connectivity index (χ3n) is 5.39. The second kappa shape index (κ2) is 8.44. The summed E-state index contributed by atoms with van der Waals surface area (Å²) in [4.78, 5) is 29.5. The van der Waals surface area contributed by atoms with Gasteiger partial charge in [-0.25, -0.2) is 9.59 Å². The fourth-order valence-corrected chi connectivity index (χ4v) is 3.89. The minimum Gasteiger partial charge on any atom is -0.459 e. The van der Waals surface area contributed by atoms with E-state index in [0.29, 0.717) is 19.5 Å². The Morgan fingerprint density at radius 2 is 1.75 bits per heavy atom. The number of piperazine rings is 1. The Kier molecular flexibility index (Phi) is 5.58. The van der Waals surface area contributed by atoms with E-state index in [1.807, 2.05) is 65.6 Å². The topological polar surface area (TPSA) is 61.9 Å². The molecule has 2 saturated heterocycles. The Labute approximate surface area is 165 Å². The fourth-order valence-electron chi connectivity index (χ4n) is 3.89. The zero-order chi connectivity index (χ0) is 19.3. The zero-order valence-corrected chi connectivity index (χ0v) is 15.8. The molecule has 2 aliphatic rings. The molecule has 0 aliphatic carbocycles. The number of benzene rings is 2. The zero-order valence-electron chi connectivity index (χ0n) is 15.8. The van der Waals surface area contributed by atoms with Crippen molar-refractivity contribution < 1.29 is 14.3 Å². The van der Waals surface area contributed by atoms with E-state index in [0.717, 1.165) is 24.2 Å². The van der Waals surface area contributed by atoms with E-state index in [4.69, 9.17) is 4.74 Å². The van der Waals surface area contributed by atoms with Crippen LogP contribution in [0.3, 0.4) is 0 Å². The van der Waals surface area contributed by atoms with Crippen molar-refractivity contribution >= 4 is 12.0 Å². The first-order valence-electron chi connectivity index (χ1n) is 9.75. The van der Waals surface area contributed by atoms with Crippen molar-refractivity contribution in [3.8, 4) is 0 Å². The van der Waals surface area contributed by atoms with Gasteiger partial charge >= 0.3 is 12.0 Å². The molecule has 6 nitrogen and oxygen atoms in total. The maximum Gasteiger partial charge on any atom is 0.329 e. The summed E-state index contributed by atoms with van der Waals surface area (Å²) in [5.41, 5.74) is 1.95. The first kappa shape index (κ1) is 18.5. The highest BCUT2D eigenvalue weighted by Crippen LogP contribution is 2.23. The van der Waals surface area contributed by atoms with Gasteiger partial charge in [-0.15, -0.1) is 0 Å². The third-order valence-corrected chi connectivity index (χ3v) is 5.39. The van der Waals surface area contributed by atoms with Gasteiger partial charge in [0.1, 0.15) is 12.6 Å². The number of esters is 1. The number of carbonyl (C=O) groups excluding carboxylic acids is 2. The number of carbonyl (C=O) groups is 2. The SMILES string of the molecule is O=C(OCc1ccccc1)[C@@H](Cc1ccccc1)N1CC2CNCCN2C1=O. The van der Waals surface area contributed by atoms with Crippen LogP contribution in [0.25, 0.3) is 0 Å². The van der Waals surface area contributed by atoms with Crippen LogP contribution in [-0.2, 0) is 22.6 Å². The predicted octanol–water partition coefficient (Wildman–Crippen LogP) is 2.05. The molecule has 28 heavy (non-hydrogen) atoms. The van der Waals surface area contributed by atoms with Crippen LogP contribution in [0.5, 0.6) is 0 Å². The van der Waals surface area contributed by atoms with Gasteiger partial charge in [0.2, 0.25) is 0 Å². The Balaban J connectivity index is 1.51. The molecule has 0 spiro atoms. The lowest BCUT2D eigenvalue weighted by Crippen LogP contribution is -2.50. The van der Waals surface area contributed by atoms with Crippen LogP contribution < -0.4 is 5.32 Å². The standard InChI is InChI=1S/C22H25N3O3/c26-21(28-16-18-9-5-2-6-10-18)20(13-17-7-3-1-4-8-17)25-15-19-14-23-11-12-24(19)22(25)27/h1-10,19-20,23H,11-16H2/t19?,20-/m1/s1. The third kappa shape index (κ3) is 4.02. The van der Waals surface area contributed by atoms with E-state index >= 15 is 0 Å². The van der Waals surface area contributed by atoms with Crippen LogP contribution in [0.2, 0.25) is 0 Å². The Bertz CT molecular complexity index is 812. The van der Waals surface area contributed by atoms with Crippen molar-refractivity contribution in [3.63, 3.8) is 0 Å². The van der Waals surface area contributed by atoms with Gasteiger partial charge < -0.3 is 19.9 Å². The van der Waals surface area contributed by atoms with Crippen molar-refractivity contribution in [2.45, 2.75) is 25.1 Å². The van der Waals surface area contributed by atoms with Gasteiger partial charge in [0.05, 0.1) is 6.04 Å². The number of urea groups is 1. The largest absolute Gasteiger partial charge is 0.459 e. The molecular weight excluding hydrogens is 354 g/mol. The molecule has 0 aromatic heterocycles. The Morgan fingerprint density at radius 1 is 1.07 bits per heavy atom. The molecule has 2 heterocycles. The number of hydrogen-bond donors (Lipinski definition) is 1. The summed E-state index contributed by atoms with van der Waals surface area (Å²) in [6.45, 7) is 2.99. The number of hydrogen-bond acceptors (Lipinski definition) is 4. The number of rotatable bonds is 6. The van der Waals surface area contributed by atoms with Crippen LogP contribution in [0.15, 0.2) is 60.7 Å². The molecule has 2 aliphatic heterocycles. The molecule has 2 aromatic carbocycles. The summed E-state index contributed by atoms with van der Waals surface area (Å²) in [7, 11) is 0. The second-order valence-electron chi connectivity index (χ2n) is 7.29. The average molecular weight is 379 g/mol. The first-order chi connectivity index (χ1) is 13.7. The van der Waals surface area contributed by atoms with Gasteiger partial charge in [0.25, 0.3) is 0 Å². The minimum atomic E-state index is -0.621. The normalized spacial score (nSPS) is 20.0. The minimum absolute atomic E-state index is 0.0657. The van der Waals surface area contributed by atoms with Crippen molar-refractivity contribution in [2.75, 3.05) is 26.2 Å². The van der Waals surface area contributed by atoms with Crippen molar-refractivity contribution in [1.82, 2.24) is 15.1 Å². The maximum atomic E-state index is 13.0. The van der Waals surface area contributed by atoms with Gasteiger partial charge in [-0.1, -0.05) is 60.7 Å². The number of nitrogens with one attached hydrogen (secondary N) is 1. The quantitative estimate of drug-likeness (QED) is 0.781. The summed E-state index contributed by atoms with van der Waals surface area (Å²) in [5, 5.41) is 3.33. The van der Waals surface area contributed by atoms with Crippen LogP contribution in [-0.4, -0.2) is 60.1 Å².